The molecule has 4 rings (SSSR count). The number of hydrogen-bond acceptors (Lipinski definition) is 4. The average Bonchev–Trinajstić information content (AvgIpc) is 2.61. The molecule has 24 heavy (non-hydrogen) atoms. The van der Waals surface area contributed by atoms with Crippen LogP contribution in [0.3, 0.4) is 0 Å². The van der Waals surface area contributed by atoms with E-state index in [1.807, 2.05) is 30.3 Å². The minimum absolute atomic E-state index is 0.309. The van der Waals surface area contributed by atoms with Crippen molar-refractivity contribution in [3.05, 3.63) is 59.1 Å². The maximum atomic E-state index is 12.5. The first-order valence-electron chi connectivity index (χ1n) is 7.47. The topological polar surface area (TPSA) is 60.5 Å². The van der Waals surface area contributed by atoms with Crippen LogP contribution in [0.2, 0.25) is 5.02 Å². The highest BCUT2D eigenvalue weighted by molar-refractivity contribution is 6.32. The molecule has 1 N–H and O–H groups in total. The summed E-state index contributed by atoms with van der Waals surface area (Å²) in [6.07, 6.45) is 0. The fourth-order valence-corrected chi connectivity index (χ4v) is 2.83. The van der Waals surface area contributed by atoms with E-state index in [1.54, 1.807) is 18.2 Å². The Morgan fingerprint density at radius 1 is 1.08 bits per heavy atom. The van der Waals surface area contributed by atoms with Gasteiger partial charge in [0.1, 0.15) is 19.0 Å². The molecule has 5 nitrogen and oxygen atoms in total. The Morgan fingerprint density at radius 2 is 1.92 bits per heavy atom. The van der Waals surface area contributed by atoms with Crippen LogP contribution in [0.25, 0.3) is 10.9 Å². The molecular weight excluding hydrogens is 328 g/mol. The summed E-state index contributed by atoms with van der Waals surface area (Å²) in [4.78, 5) is 16.9. The molecule has 0 aliphatic carbocycles. The Morgan fingerprint density at radius 3 is 2.83 bits per heavy atom. The lowest BCUT2D eigenvalue weighted by molar-refractivity contribution is 0.102. The summed E-state index contributed by atoms with van der Waals surface area (Å²) >= 11 is 6.17. The molecule has 120 valence electrons. The molecule has 1 aliphatic heterocycles. The van der Waals surface area contributed by atoms with Gasteiger partial charge >= 0.3 is 0 Å². The smallest absolute Gasteiger partial charge is 0.257 e. The number of halogens is 1. The van der Waals surface area contributed by atoms with E-state index in [2.05, 4.69) is 10.3 Å². The van der Waals surface area contributed by atoms with E-state index in [9.17, 15) is 4.79 Å². The molecule has 2 heterocycles. The van der Waals surface area contributed by atoms with Crippen molar-refractivity contribution in [2.45, 2.75) is 0 Å². The second-order valence-electron chi connectivity index (χ2n) is 5.33. The highest BCUT2D eigenvalue weighted by atomic mass is 35.5. The van der Waals surface area contributed by atoms with E-state index < -0.39 is 0 Å². The zero-order valence-electron chi connectivity index (χ0n) is 12.6. The number of carbonyl (C=O) groups is 1. The molecule has 3 aromatic rings. The number of ether oxygens (including phenoxy) is 2. The summed E-state index contributed by atoms with van der Waals surface area (Å²) < 4.78 is 11.0. The number of aromatic nitrogens is 1. The molecule has 0 unspecified atom stereocenters. The predicted molar refractivity (Wildman–Crippen MR) is 92.1 cm³/mol. The lowest BCUT2D eigenvalue weighted by atomic mass is 10.1. The number of nitrogens with zero attached hydrogens (tertiary/aromatic N) is 1. The van der Waals surface area contributed by atoms with Gasteiger partial charge in [-0.3, -0.25) is 4.79 Å². The van der Waals surface area contributed by atoms with Gasteiger partial charge in [-0.05, 0) is 30.3 Å². The number of fused-ring (bicyclic) bond motifs is 2. The maximum Gasteiger partial charge on any atom is 0.257 e. The van der Waals surface area contributed by atoms with Crippen LogP contribution in [0.1, 0.15) is 10.4 Å². The van der Waals surface area contributed by atoms with Gasteiger partial charge in [0, 0.05) is 10.9 Å². The predicted octanol–water partition coefficient (Wildman–Crippen LogP) is 3.91. The van der Waals surface area contributed by atoms with Crippen molar-refractivity contribution in [3.63, 3.8) is 0 Å². The molecule has 0 atom stereocenters. The van der Waals surface area contributed by atoms with Crippen molar-refractivity contribution in [2.24, 2.45) is 0 Å². The largest absolute Gasteiger partial charge is 0.486 e. The van der Waals surface area contributed by atoms with Crippen LogP contribution in [0, 0.1) is 0 Å². The molecule has 2 aromatic carbocycles. The molecule has 0 bridgehead atoms. The van der Waals surface area contributed by atoms with Gasteiger partial charge in [0.2, 0.25) is 0 Å². The summed E-state index contributed by atoms with van der Waals surface area (Å²) in [5.41, 5.74) is 1.20. The third-order valence-electron chi connectivity index (χ3n) is 3.70. The van der Waals surface area contributed by atoms with Crippen LogP contribution in [-0.2, 0) is 0 Å². The standard InChI is InChI=1S/C18H13ClN2O3/c19-13-9-12(10-15-17(13)24-8-7-23-15)18(22)21-16-6-5-11-3-1-2-4-14(11)20-16/h1-6,9-10H,7-8H2,(H,20,21,22). The molecule has 1 amide bonds. The molecule has 0 fully saturated rings. The van der Waals surface area contributed by atoms with Gasteiger partial charge in [0.25, 0.3) is 5.91 Å². The van der Waals surface area contributed by atoms with Crippen LogP contribution >= 0.6 is 11.6 Å². The van der Waals surface area contributed by atoms with Gasteiger partial charge < -0.3 is 14.8 Å². The van der Waals surface area contributed by atoms with Crippen molar-refractivity contribution >= 4 is 34.2 Å². The van der Waals surface area contributed by atoms with Crippen LogP contribution in [0.5, 0.6) is 11.5 Å². The molecule has 6 heteroatoms. The quantitative estimate of drug-likeness (QED) is 0.768. The van der Waals surface area contributed by atoms with Crippen molar-refractivity contribution < 1.29 is 14.3 Å². The van der Waals surface area contributed by atoms with E-state index in [0.717, 1.165) is 10.9 Å². The van der Waals surface area contributed by atoms with Crippen LogP contribution in [0.15, 0.2) is 48.5 Å². The van der Waals surface area contributed by atoms with Crippen LogP contribution in [0.4, 0.5) is 5.82 Å². The Labute approximate surface area is 143 Å². The summed E-state index contributed by atoms with van der Waals surface area (Å²) in [5.74, 6) is 1.12. The highest BCUT2D eigenvalue weighted by Gasteiger charge is 2.19. The van der Waals surface area contributed by atoms with Crippen molar-refractivity contribution in [1.82, 2.24) is 4.98 Å². The second-order valence-corrected chi connectivity index (χ2v) is 5.73. The first-order chi connectivity index (χ1) is 11.7. The van der Waals surface area contributed by atoms with Gasteiger partial charge in [-0.25, -0.2) is 4.98 Å². The fraction of sp³-hybridized carbons (Fsp3) is 0.111. The van der Waals surface area contributed by atoms with E-state index >= 15 is 0 Å². The third-order valence-corrected chi connectivity index (χ3v) is 3.98. The molecule has 1 aromatic heterocycles. The van der Waals surface area contributed by atoms with Gasteiger partial charge in [-0.1, -0.05) is 29.8 Å². The lowest BCUT2D eigenvalue weighted by Gasteiger charge is -2.20. The van der Waals surface area contributed by atoms with E-state index in [-0.39, 0.29) is 5.91 Å². The highest BCUT2D eigenvalue weighted by Crippen LogP contribution is 2.38. The van der Waals surface area contributed by atoms with Crippen LogP contribution < -0.4 is 14.8 Å². The van der Waals surface area contributed by atoms with E-state index in [4.69, 9.17) is 21.1 Å². The number of hydrogen-bond donors (Lipinski definition) is 1. The maximum absolute atomic E-state index is 12.5. The van der Waals surface area contributed by atoms with Gasteiger partial charge in [0.15, 0.2) is 11.5 Å². The van der Waals surface area contributed by atoms with E-state index in [1.165, 1.54) is 0 Å². The zero-order chi connectivity index (χ0) is 16.5. The first kappa shape index (κ1) is 14.8. The zero-order valence-corrected chi connectivity index (χ0v) is 13.3. The van der Waals surface area contributed by atoms with E-state index in [0.29, 0.717) is 41.1 Å². The van der Waals surface area contributed by atoms with Gasteiger partial charge in [-0.15, -0.1) is 0 Å². The number of rotatable bonds is 2. The normalized spacial score (nSPS) is 12.9. The molecule has 0 saturated carbocycles. The number of nitrogens with one attached hydrogen (secondary N) is 1. The van der Waals surface area contributed by atoms with Gasteiger partial charge in [0.05, 0.1) is 10.5 Å². The minimum Gasteiger partial charge on any atom is -0.486 e. The molecular formula is C18H13ClN2O3. The molecule has 0 spiro atoms. The third kappa shape index (κ3) is 2.74. The summed E-state index contributed by atoms with van der Waals surface area (Å²) in [5, 5.41) is 4.14. The Hall–Kier alpha value is -2.79. The molecule has 0 radical (unpaired) electrons. The Bertz CT molecular complexity index is 943. The number of benzene rings is 2. The number of anilines is 1. The summed E-state index contributed by atoms with van der Waals surface area (Å²) in [7, 11) is 0. The summed E-state index contributed by atoms with van der Waals surface area (Å²) in [6, 6.07) is 14.6. The summed E-state index contributed by atoms with van der Waals surface area (Å²) in [6.45, 7) is 0.875. The average molecular weight is 341 g/mol. The second kappa shape index (κ2) is 6.02. The number of amides is 1. The lowest BCUT2D eigenvalue weighted by Crippen LogP contribution is -2.18. The van der Waals surface area contributed by atoms with Crippen molar-refractivity contribution in [3.8, 4) is 11.5 Å². The fourth-order valence-electron chi connectivity index (χ4n) is 2.57. The Balaban J connectivity index is 1.62. The number of para-hydroxylation sites is 1. The SMILES string of the molecule is O=C(Nc1ccc2ccccc2n1)c1cc(Cl)c2c(c1)OCCO2. The number of pyridine rings is 1. The monoisotopic (exact) mass is 340 g/mol. The van der Waals surface area contributed by atoms with Gasteiger partial charge in [-0.2, -0.15) is 0 Å². The minimum atomic E-state index is -0.309. The molecule has 0 saturated heterocycles. The first-order valence-corrected chi connectivity index (χ1v) is 7.85. The van der Waals surface area contributed by atoms with Crippen molar-refractivity contribution in [1.29, 1.82) is 0 Å². The number of carbonyl (C=O) groups excluding carboxylic acids is 1. The Kier molecular flexibility index (Phi) is 3.70. The molecule has 1 aliphatic rings. The van der Waals surface area contributed by atoms with Crippen LogP contribution in [-0.4, -0.2) is 24.1 Å². The van der Waals surface area contributed by atoms with Crippen molar-refractivity contribution in [2.75, 3.05) is 18.5 Å².